The summed E-state index contributed by atoms with van der Waals surface area (Å²) in [4.78, 5) is 8.33. The summed E-state index contributed by atoms with van der Waals surface area (Å²) in [6.07, 6.45) is 5.10. The molecule has 2 heterocycles. The maximum Gasteiger partial charge on any atom is 0.176 e. The Morgan fingerprint density at radius 1 is 1.36 bits per heavy atom. The highest BCUT2D eigenvalue weighted by molar-refractivity contribution is 5.26. The number of rotatable bonds is 2. The second kappa shape index (κ2) is 3.55. The minimum Gasteiger partial charge on any atom is -0.325 e. The lowest BCUT2D eigenvalue weighted by molar-refractivity contribution is 0.793. The van der Waals surface area contributed by atoms with Gasteiger partial charge in [0, 0.05) is 25.1 Å². The standard InChI is InChI=1S/C9H11N5/c1-7-2-5-14(13-7)9-8(6-10)11-3-4-12-9/h2-5H,6,10H2,1H3. The number of aromatic nitrogens is 4. The molecule has 0 fully saturated rings. The zero-order valence-corrected chi connectivity index (χ0v) is 7.88. The van der Waals surface area contributed by atoms with Gasteiger partial charge in [-0.1, -0.05) is 0 Å². The molecule has 2 rings (SSSR count). The summed E-state index contributed by atoms with van der Waals surface area (Å²) in [7, 11) is 0. The minimum atomic E-state index is 0.363. The molecular weight excluding hydrogens is 178 g/mol. The molecule has 0 spiro atoms. The Labute approximate surface area is 81.6 Å². The number of nitrogens with two attached hydrogens (primary N) is 1. The average Bonchev–Trinajstić information content (AvgIpc) is 2.65. The van der Waals surface area contributed by atoms with Crippen molar-refractivity contribution in [3.8, 4) is 5.82 Å². The molecule has 0 aliphatic carbocycles. The second-order valence-electron chi connectivity index (χ2n) is 2.93. The molecule has 0 saturated carbocycles. The Bertz CT molecular complexity index is 434. The summed E-state index contributed by atoms with van der Waals surface area (Å²) in [5.41, 5.74) is 7.24. The fourth-order valence-electron chi connectivity index (χ4n) is 1.23. The van der Waals surface area contributed by atoms with Crippen molar-refractivity contribution >= 4 is 0 Å². The monoisotopic (exact) mass is 189 g/mol. The summed E-state index contributed by atoms with van der Waals surface area (Å²) in [5.74, 6) is 0.697. The molecular formula is C9H11N5. The van der Waals surface area contributed by atoms with E-state index in [2.05, 4.69) is 15.1 Å². The van der Waals surface area contributed by atoms with Crippen LogP contribution in [0.25, 0.3) is 5.82 Å². The van der Waals surface area contributed by atoms with E-state index in [0.29, 0.717) is 12.4 Å². The molecule has 0 aliphatic heterocycles. The Morgan fingerprint density at radius 2 is 2.14 bits per heavy atom. The molecule has 0 saturated heterocycles. The lowest BCUT2D eigenvalue weighted by Gasteiger charge is -2.03. The predicted octanol–water partition coefficient (Wildman–Crippen LogP) is 0.429. The Kier molecular flexibility index (Phi) is 2.24. The van der Waals surface area contributed by atoms with Gasteiger partial charge in [-0.25, -0.2) is 9.67 Å². The summed E-state index contributed by atoms with van der Waals surface area (Å²) in [6, 6.07) is 1.91. The highest BCUT2D eigenvalue weighted by atomic mass is 15.3. The first-order valence-electron chi connectivity index (χ1n) is 4.34. The third kappa shape index (κ3) is 1.49. The molecule has 2 N–H and O–H groups in total. The van der Waals surface area contributed by atoms with Gasteiger partial charge in [0.15, 0.2) is 5.82 Å². The van der Waals surface area contributed by atoms with Crippen molar-refractivity contribution in [2.24, 2.45) is 5.73 Å². The molecule has 0 atom stereocenters. The second-order valence-corrected chi connectivity index (χ2v) is 2.93. The van der Waals surface area contributed by atoms with Crippen LogP contribution in [-0.4, -0.2) is 19.7 Å². The van der Waals surface area contributed by atoms with Gasteiger partial charge in [-0.3, -0.25) is 4.98 Å². The van der Waals surface area contributed by atoms with Crippen molar-refractivity contribution in [1.82, 2.24) is 19.7 Å². The summed E-state index contributed by atoms with van der Waals surface area (Å²) in [5, 5.41) is 4.25. The molecule has 0 bridgehead atoms. The van der Waals surface area contributed by atoms with Gasteiger partial charge in [-0.2, -0.15) is 5.10 Å². The molecule has 0 unspecified atom stereocenters. The van der Waals surface area contributed by atoms with E-state index in [0.717, 1.165) is 11.4 Å². The van der Waals surface area contributed by atoms with E-state index in [1.807, 2.05) is 19.2 Å². The lowest BCUT2D eigenvalue weighted by atomic mass is 10.4. The van der Waals surface area contributed by atoms with Gasteiger partial charge in [0.25, 0.3) is 0 Å². The molecule has 2 aromatic heterocycles. The Morgan fingerprint density at radius 3 is 2.79 bits per heavy atom. The zero-order valence-electron chi connectivity index (χ0n) is 7.88. The lowest BCUT2D eigenvalue weighted by Crippen LogP contribution is -2.09. The molecule has 5 heteroatoms. The van der Waals surface area contributed by atoms with Crippen molar-refractivity contribution in [1.29, 1.82) is 0 Å². The molecule has 0 radical (unpaired) electrons. The first kappa shape index (κ1) is 8.83. The molecule has 5 nitrogen and oxygen atoms in total. The first-order chi connectivity index (χ1) is 6.81. The highest BCUT2D eigenvalue weighted by Crippen LogP contribution is 2.07. The van der Waals surface area contributed by atoms with Crippen molar-refractivity contribution in [3.05, 3.63) is 36.0 Å². The van der Waals surface area contributed by atoms with E-state index in [4.69, 9.17) is 5.73 Å². The van der Waals surface area contributed by atoms with Gasteiger partial charge in [-0.05, 0) is 13.0 Å². The SMILES string of the molecule is Cc1ccn(-c2nccnc2CN)n1. The predicted molar refractivity (Wildman–Crippen MR) is 51.8 cm³/mol. The van der Waals surface area contributed by atoms with E-state index < -0.39 is 0 Å². The van der Waals surface area contributed by atoms with Gasteiger partial charge in [0.05, 0.1) is 11.4 Å². The summed E-state index contributed by atoms with van der Waals surface area (Å²) >= 11 is 0. The van der Waals surface area contributed by atoms with Gasteiger partial charge < -0.3 is 5.73 Å². The third-order valence-electron chi connectivity index (χ3n) is 1.88. The number of nitrogens with zero attached hydrogens (tertiary/aromatic N) is 4. The van der Waals surface area contributed by atoms with Crippen LogP contribution in [-0.2, 0) is 6.54 Å². The smallest absolute Gasteiger partial charge is 0.176 e. The van der Waals surface area contributed by atoms with Crippen LogP contribution in [0, 0.1) is 6.92 Å². The molecule has 72 valence electrons. The van der Waals surface area contributed by atoms with Crippen LogP contribution in [0.4, 0.5) is 0 Å². The largest absolute Gasteiger partial charge is 0.325 e. The van der Waals surface area contributed by atoms with Gasteiger partial charge in [0.2, 0.25) is 0 Å². The summed E-state index contributed by atoms with van der Waals surface area (Å²) in [6.45, 7) is 2.29. The average molecular weight is 189 g/mol. The normalized spacial score (nSPS) is 10.4. The third-order valence-corrected chi connectivity index (χ3v) is 1.88. The van der Waals surface area contributed by atoms with Gasteiger partial charge in [0.1, 0.15) is 0 Å². The molecule has 0 amide bonds. The number of aryl methyl sites for hydroxylation is 1. The zero-order chi connectivity index (χ0) is 9.97. The Balaban J connectivity index is 2.50. The molecule has 14 heavy (non-hydrogen) atoms. The van der Waals surface area contributed by atoms with Crippen molar-refractivity contribution in [2.75, 3.05) is 0 Å². The fraction of sp³-hybridized carbons (Fsp3) is 0.222. The maximum absolute atomic E-state index is 5.55. The van der Waals surface area contributed by atoms with Crippen LogP contribution in [0.15, 0.2) is 24.7 Å². The van der Waals surface area contributed by atoms with Crippen LogP contribution >= 0.6 is 0 Å². The van der Waals surface area contributed by atoms with E-state index in [9.17, 15) is 0 Å². The number of hydrogen-bond donors (Lipinski definition) is 1. The van der Waals surface area contributed by atoms with Gasteiger partial charge >= 0.3 is 0 Å². The van der Waals surface area contributed by atoms with E-state index in [-0.39, 0.29) is 0 Å². The molecule has 2 aromatic rings. The first-order valence-corrected chi connectivity index (χ1v) is 4.34. The number of hydrogen-bond acceptors (Lipinski definition) is 4. The van der Waals surface area contributed by atoms with E-state index in [1.54, 1.807) is 17.1 Å². The van der Waals surface area contributed by atoms with Crippen LogP contribution in [0.1, 0.15) is 11.4 Å². The van der Waals surface area contributed by atoms with Crippen molar-refractivity contribution < 1.29 is 0 Å². The Hall–Kier alpha value is -1.75. The fourth-order valence-corrected chi connectivity index (χ4v) is 1.23. The van der Waals surface area contributed by atoms with Gasteiger partial charge in [-0.15, -0.1) is 0 Å². The van der Waals surface area contributed by atoms with E-state index in [1.165, 1.54) is 0 Å². The van der Waals surface area contributed by atoms with Crippen LogP contribution in [0.3, 0.4) is 0 Å². The van der Waals surface area contributed by atoms with E-state index >= 15 is 0 Å². The van der Waals surface area contributed by atoms with Crippen LogP contribution in [0.2, 0.25) is 0 Å². The maximum atomic E-state index is 5.55. The van der Waals surface area contributed by atoms with Crippen molar-refractivity contribution in [3.63, 3.8) is 0 Å². The minimum absolute atomic E-state index is 0.363. The van der Waals surface area contributed by atoms with Crippen LogP contribution < -0.4 is 5.73 Å². The quantitative estimate of drug-likeness (QED) is 0.743. The highest BCUT2D eigenvalue weighted by Gasteiger charge is 2.05. The summed E-state index contributed by atoms with van der Waals surface area (Å²) < 4.78 is 1.69. The molecule has 0 aromatic carbocycles. The molecule has 0 aliphatic rings. The van der Waals surface area contributed by atoms with Crippen molar-refractivity contribution in [2.45, 2.75) is 13.5 Å². The van der Waals surface area contributed by atoms with Crippen LogP contribution in [0.5, 0.6) is 0 Å². The topological polar surface area (TPSA) is 69.6 Å².